The number of anilines is 1. The van der Waals surface area contributed by atoms with Crippen LogP contribution in [0, 0.1) is 0 Å². The van der Waals surface area contributed by atoms with Gasteiger partial charge < -0.3 is 20.5 Å². The molecule has 1 aromatic carbocycles. The molecule has 0 atom stereocenters. The summed E-state index contributed by atoms with van der Waals surface area (Å²) < 4.78 is 5.13. The van der Waals surface area contributed by atoms with E-state index in [1.54, 1.807) is 19.2 Å². The molecule has 1 aliphatic heterocycles. The Hall–Kier alpha value is -1.59. The van der Waals surface area contributed by atoms with Crippen LogP contribution in [-0.4, -0.2) is 36.8 Å². The maximum atomic E-state index is 11.7. The lowest BCUT2D eigenvalue weighted by molar-refractivity contribution is -0.123. The van der Waals surface area contributed by atoms with Gasteiger partial charge in [-0.1, -0.05) is 12.1 Å². The Balaban J connectivity index is 1.98. The first-order chi connectivity index (χ1) is 8.13. The topological polar surface area (TPSA) is 70.6 Å². The lowest BCUT2D eigenvalue weighted by Gasteiger charge is -2.36. The van der Waals surface area contributed by atoms with E-state index in [0.717, 1.165) is 0 Å². The minimum Gasteiger partial charge on any atom is -0.495 e. The molecule has 17 heavy (non-hydrogen) atoms. The van der Waals surface area contributed by atoms with E-state index < -0.39 is 5.60 Å². The van der Waals surface area contributed by atoms with Gasteiger partial charge in [-0.2, -0.15) is 0 Å². The van der Waals surface area contributed by atoms with Crippen LogP contribution in [0.25, 0.3) is 0 Å². The number of benzene rings is 1. The van der Waals surface area contributed by atoms with Gasteiger partial charge in [0.15, 0.2) is 0 Å². The third kappa shape index (κ3) is 2.75. The molecule has 1 amide bonds. The van der Waals surface area contributed by atoms with E-state index in [2.05, 4.69) is 10.6 Å². The van der Waals surface area contributed by atoms with Crippen LogP contribution < -0.4 is 15.4 Å². The number of rotatable bonds is 4. The molecule has 3 N–H and O–H groups in total. The monoisotopic (exact) mass is 236 g/mol. The largest absolute Gasteiger partial charge is 0.495 e. The number of amides is 1. The Labute approximate surface area is 99.8 Å². The maximum Gasteiger partial charge on any atom is 0.227 e. The molecular weight excluding hydrogens is 220 g/mol. The van der Waals surface area contributed by atoms with Crippen LogP contribution >= 0.6 is 0 Å². The van der Waals surface area contributed by atoms with Crippen molar-refractivity contribution in [3.8, 4) is 5.75 Å². The molecule has 1 aromatic rings. The third-order valence-corrected chi connectivity index (χ3v) is 2.78. The molecule has 92 valence electrons. The predicted octanol–water partition coefficient (Wildman–Crippen LogP) is 0.358. The maximum absolute atomic E-state index is 11.7. The van der Waals surface area contributed by atoms with Crippen molar-refractivity contribution in [1.82, 2.24) is 5.32 Å². The molecule has 2 rings (SSSR count). The molecule has 5 nitrogen and oxygen atoms in total. The van der Waals surface area contributed by atoms with Crippen molar-refractivity contribution in [2.75, 3.05) is 25.5 Å². The summed E-state index contributed by atoms with van der Waals surface area (Å²) in [7, 11) is 1.55. The van der Waals surface area contributed by atoms with E-state index in [0.29, 0.717) is 24.5 Å². The average molecular weight is 236 g/mol. The van der Waals surface area contributed by atoms with Crippen molar-refractivity contribution in [1.29, 1.82) is 0 Å². The Morgan fingerprint density at radius 2 is 2.24 bits per heavy atom. The Kier molecular flexibility index (Phi) is 3.31. The fraction of sp³-hybridized carbons (Fsp3) is 0.417. The van der Waals surface area contributed by atoms with Crippen molar-refractivity contribution in [2.24, 2.45) is 0 Å². The summed E-state index contributed by atoms with van der Waals surface area (Å²) in [5.41, 5.74) is -0.276. The van der Waals surface area contributed by atoms with Gasteiger partial charge in [0.05, 0.1) is 24.8 Å². The number of nitrogens with one attached hydrogen (secondary N) is 2. The van der Waals surface area contributed by atoms with Crippen LogP contribution in [0.3, 0.4) is 0 Å². The van der Waals surface area contributed by atoms with Crippen molar-refractivity contribution >= 4 is 11.6 Å². The van der Waals surface area contributed by atoms with Gasteiger partial charge in [-0.05, 0) is 12.1 Å². The van der Waals surface area contributed by atoms with Crippen LogP contribution in [0.5, 0.6) is 5.75 Å². The smallest absolute Gasteiger partial charge is 0.227 e. The molecule has 0 unspecified atom stereocenters. The first-order valence-corrected chi connectivity index (χ1v) is 5.49. The number of aliphatic hydroxyl groups is 1. The molecule has 1 heterocycles. The van der Waals surface area contributed by atoms with Crippen molar-refractivity contribution in [3.63, 3.8) is 0 Å². The van der Waals surface area contributed by atoms with Crippen molar-refractivity contribution < 1.29 is 14.6 Å². The molecule has 1 fully saturated rings. The van der Waals surface area contributed by atoms with Gasteiger partial charge in [0, 0.05) is 13.1 Å². The quantitative estimate of drug-likeness (QED) is 0.706. The zero-order valence-corrected chi connectivity index (χ0v) is 9.69. The lowest BCUT2D eigenvalue weighted by atomic mass is 9.93. The number of ether oxygens (including phenoxy) is 1. The Bertz CT molecular complexity index is 416. The summed E-state index contributed by atoms with van der Waals surface area (Å²) in [5, 5.41) is 15.5. The number of carbonyl (C=O) groups excluding carboxylic acids is 1. The molecule has 0 radical (unpaired) electrons. The van der Waals surface area contributed by atoms with Gasteiger partial charge in [-0.3, -0.25) is 4.79 Å². The average Bonchev–Trinajstić information content (AvgIpc) is 2.27. The second-order valence-electron chi connectivity index (χ2n) is 4.25. The third-order valence-electron chi connectivity index (χ3n) is 2.78. The van der Waals surface area contributed by atoms with Gasteiger partial charge in [0.1, 0.15) is 5.75 Å². The fourth-order valence-corrected chi connectivity index (χ4v) is 1.78. The van der Waals surface area contributed by atoms with Crippen LogP contribution in [-0.2, 0) is 4.79 Å². The number of hydrogen-bond donors (Lipinski definition) is 3. The number of carbonyl (C=O) groups is 1. The summed E-state index contributed by atoms with van der Waals surface area (Å²) in [4.78, 5) is 11.7. The molecule has 0 aliphatic carbocycles. The first-order valence-electron chi connectivity index (χ1n) is 5.49. The standard InChI is InChI=1S/C12H16N2O3/c1-17-10-5-3-2-4-9(10)14-11(15)6-12(16)7-13-8-12/h2-5,13,16H,6-8H2,1H3,(H,14,15). The highest BCUT2D eigenvalue weighted by Gasteiger charge is 2.36. The van der Waals surface area contributed by atoms with E-state index >= 15 is 0 Å². The second-order valence-corrected chi connectivity index (χ2v) is 4.25. The molecule has 0 aromatic heterocycles. The van der Waals surface area contributed by atoms with Crippen molar-refractivity contribution in [3.05, 3.63) is 24.3 Å². The molecular formula is C12H16N2O3. The number of para-hydroxylation sites is 2. The normalized spacial score (nSPS) is 17.1. The van der Waals surface area contributed by atoms with Crippen LogP contribution in [0.4, 0.5) is 5.69 Å². The van der Waals surface area contributed by atoms with E-state index in [1.165, 1.54) is 0 Å². The lowest BCUT2D eigenvalue weighted by Crippen LogP contribution is -2.60. The molecule has 1 aliphatic rings. The van der Waals surface area contributed by atoms with E-state index in [-0.39, 0.29) is 12.3 Å². The van der Waals surface area contributed by atoms with Gasteiger partial charge >= 0.3 is 0 Å². The highest BCUT2D eigenvalue weighted by molar-refractivity contribution is 5.93. The van der Waals surface area contributed by atoms with E-state index in [9.17, 15) is 9.90 Å². The van der Waals surface area contributed by atoms with Gasteiger partial charge in [0.2, 0.25) is 5.91 Å². The second kappa shape index (κ2) is 4.73. The highest BCUT2D eigenvalue weighted by atomic mass is 16.5. The minimum absolute atomic E-state index is 0.0953. The minimum atomic E-state index is -0.897. The van der Waals surface area contributed by atoms with Crippen LogP contribution in [0.15, 0.2) is 24.3 Å². The number of methoxy groups -OCH3 is 1. The van der Waals surface area contributed by atoms with Crippen LogP contribution in [0.2, 0.25) is 0 Å². The van der Waals surface area contributed by atoms with Gasteiger partial charge in [-0.15, -0.1) is 0 Å². The molecule has 0 saturated carbocycles. The molecule has 0 bridgehead atoms. The molecule has 5 heteroatoms. The molecule has 0 spiro atoms. The highest BCUT2D eigenvalue weighted by Crippen LogP contribution is 2.24. The number of β-amino-alcohol motifs (C(OH)–C–C–N with tert-alkyl or cyclic N) is 1. The summed E-state index contributed by atoms with van der Waals surface area (Å²) >= 11 is 0. The fourth-order valence-electron chi connectivity index (χ4n) is 1.78. The van der Waals surface area contributed by atoms with E-state index in [1.807, 2.05) is 12.1 Å². The molecule has 1 saturated heterocycles. The summed E-state index contributed by atoms with van der Waals surface area (Å²) in [6.45, 7) is 0.929. The first kappa shape index (κ1) is 11.9. The van der Waals surface area contributed by atoms with Gasteiger partial charge in [0.25, 0.3) is 0 Å². The Morgan fingerprint density at radius 3 is 2.82 bits per heavy atom. The summed E-state index contributed by atoms with van der Waals surface area (Å²) in [6, 6.07) is 7.19. The summed E-state index contributed by atoms with van der Waals surface area (Å²) in [5.74, 6) is 0.401. The number of hydrogen-bond acceptors (Lipinski definition) is 4. The predicted molar refractivity (Wildman–Crippen MR) is 64.1 cm³/mol. The van der Waals surface area contributed by atoms with Crippen LogP contribution in [0.1, 0.15) is 6.42 Å². The zero-order chi connectivity index (χ0) is 12.3. The zero-order valence-electron chi connectivity index (χ0n) is 9.69. The van der Waals surface area contributed by atoms with Crippen molar-refractivity contribution in [2.45, 2.75) is 12.0 Å². The van der Waals surface area contributed by atoms with Gasteiger partial charge in [-0.25, -0.2) is 0 Å². The van der Waals surface area contributed by atoms with E-state index in [4.69, 9.17) is 4.74 Å². The SMILES string of the molecule is COc1ccccc1NC(=O)CC1(O)CNC1. The summed E-state index contributed by atoms with van der Waals surface area (Å²) in [6.07, 6.45) is 0.0953. The Morgan fingerprint density at radius 1 is 1.53 bits per heavy atom.